The van der Waals surface area contributed by atoms with E-state index in [4.69, 9.17) is 10.5 Å². The normalized spacial score (nSPS) is 12.2. The van der Waals surface area contributed by atoms with Crippen LogP contribution in [0.1, 0.15) is 13.8 Å². The molecule has 6 nitrogen and oxygen atoms in total. The Hall–Kier alpha value is -1.79. The first-order chi connectivity index (χ1) is 10.0. The smallest absolute Gasteiger partial charge is 0.234 e. The molecule has 0 radical (unpaired) electrons. The van der Waals surface area contributed by atoms with Crippen LogP contribution in [0.25, 0.3) is 0 Å². The third-order valence-corrected chi connectivity index (χ3v) is 2.98. The van der Waals surface area contributed by atoms with Gasteiger partial charge in [0.15, 0.2) is 0 Å². The van der Waals surface area contributed by atoms with Crippen LogP contribution in [0.5, 0.6) is 5.75 Å². The van der Waals surface area contributed by atoms with Gasteiger partial charge in [-0.15, -0.1) is 0 Å². The molecule has 118 valence electrons. The number of nitrogen functional groups attached to an aromatic ring is 1. The average molecular weight is 295 g/mol. The molecule has 0 spiro atoms. The van der Waals surface area contributed by atoms with E-state index >= 15 is 0 Å². The van der Waals surface area contributed by atoms with Crippen LogP contribution >= 0.6 is 0 Å². The summed E-state index contributed by atoms with van der Waals surface area (Å²) in [6.07, 6.45) is -0.656. The van der Waals surface area contributed by atoms with Gasteiger partial charge in [0, 0.05) is 18.8 Å². The zero-order valence-corrected chi connectivity index (χ0v) is 12.7. The Kier molecular flexibility index (Phi) is 7.56. The number of aliphatic hydroxyl groups is 1. The van der Waals surface area contributed by atoms with Gasteiger partial charge in [-0.2, -0.15) is 0 Å². The first kappa shape index (κ1) is 17.3. The predicted molar refractivity (Wildman–Crippen MR) is 83.2 cm³/mol. The van der Waals surface area contributed by atoms with Crippen molar-refractivity contribution in [2.75, 3.05) is 38.5 Å². The molecule has 1 aromatic carbocycles. The number of nitrogens with one attached hydrogen (secondary N) is 1. The number of carbonyl (C=O) groups is 1. The molecule has 0 saturated heterocycles. The van der Waals surface area contributed by atoms with Crippen molar-refractivity contribution in [3.63, 3.8) is 0 Å². The second kappa shape index (κ2) is 9.20. The average Bonchev–Trinajstić information content (AvgIpc) is 2.46. The molecule has 0 fully saturated rings. The van der Waals surface area contributed by atoms with E-state index in [-0.39, 0.29) is 19.1 Å². The van der Waals surface area contributed by atoms with E-state index < -0.39 is 6.10 Å². The van der Waals surface area contributed by atoms with Crippen molar-refractivity contribution in [1.82, 2.24) is 10.2 Å². The van der Waals surface area contributed by atoms with Gasteiger partial charge < -0.3 is 20.9 Å². The Labute approximate surface area is 125 Å². The second-order valence-corrected chi connectivity index (χ2v) is 4.82. The first-order valence-electron chi connectivity index (χ1n) is 7.20. The highest BCUT2D eigenvalue weighted by molar-refractivity contribution is 5.77. The molecule has 0 aliphatic heterocycles. The molecule has 6 heteroatoms. The van der Waals surface area contributed by atoms with E-state index in [1.54, 1.807) is 24.3 Å². The van der Waals surface area contributed by atoms with E-state index in [9.17, 15) is 9.90 Å². The van der Waals surface area contributed by atoms with Gasteiger partial charge in [-0.3, -0.25) is 9.69 Å². The SMILES string of the molecule is CCNC(=O)CN(CC)CC(O)COc1ccc(N)cc1. The van der Waals surface area contributed by atoms with Crippen molar-refractivity contribution >= 4 is 11.6 Å². The molecule has 1 aromatic rings. The Balaban J connectivity index is 2.35. The highest BCUT2D eigenvalue weighted by Gasteiger charge is 2.14. The zero-order valence-electron chi connectivity index (χ0n) is 12.7. The monoisotopic (exact) mass is 295 g/mol. The van der Waals surface area contributed by atoms with Crippen molar-refractivity contribution in [3.8, 4) is 5.75 Å². The van der Waals surface area contributed by atoms with Crippen molar-refractivity contribution in [3.05, 3.63) is 24.3 Å². The number of nitrogens with two attached hydrogens (primary N) is 1. The minimum absolute atomic E-state index is 0.0361. The molecule has 0 aliphatic rings. The highest BCUT2D eigenvalue weighted by atomic mass is 16.5. The number of amides is 1. The Morgan fingerprint density at radius 2 is 2.05 bits per heavy atom. The van der Waals surface area contributed by atoms with Crippen molar-refractivity contribution < 1.29 is 14.6 Å². The molecule has 1 atom stereocenters. The Bertz CT molecular complexity index is 423. The molecule has 0 heterocycles. The number of hydrogen-bond acceptors (Lipinski definition) is 5. The van der Waals surface area contributed by atoms with E-state index in [2.05, 4.69) is 5.32 Å². The second-order valence-electron chi connectivity index (χ2n) is 4.82. The molecule has 21 heavy (non-hydrogen) atoms. The van der Waals surface area contributed by atoms with Gasteiger partial charge in [0.1, 0.15) is 18.5 Å². The molecule has 0 aromatic heterocycles. The lowest BCUT2D eigenvalue weighted by Crippen LogP contribution is -2.42. The fourth-order valence-corrected chi connectivity index (χ4v) is 1.87. The van der Waals surface area contributed by atoms with Crippen LogP contribution in [0.4, 0.5) is 5.69 Å². The largest absolute Gasteiger partial charge is 0.491 e. The lowest BCUT2D eigenvalue weighted by atomic mass is 10.3. The molecule has 1 amide bonds. The molecule has 1 unspecified atom stereocenters. The minimum Gasteiger partial charge on any atom is -0.491 e. The van der Waals surface area contributed by atoms with Crippen LogP contribution < -0.4 is 15.8 Å². The lowest BCUT2D eigenvalue weighted by Gasteiger charge is -2.23. The lowest BCUT2D eigenvalue weighted by molar-refractivity contribution is -0.122. The van der Waals surface area contributed by atoms with Gasteiger partial charge in [0.2, 0.25) is 5.91 Å². The predicted octanol–water partition coefficient (Wildman–Crippen LogP) is 0.467. The summed E-state index contributed by atoms with van der Waals surface area (Å²) in [5.74, 6) is 0.626. The van der Waals surface area contributed by atoms with E-state index in [1.165, 1.54) is 0 Å². The zero-order chi connectivity index (χ0) is 15.7. The Morgan fingerprint density at radius 1 is 1.38 bits per heavy atom. The van der Waals surface area contributed by atoms with Gasteiger partial charge >= 0.3 is 0 Å². The third-order valence-electron chi connectivity index (χ3n) is 2.98. The molecule has 4 N–H and O–H groups in total. The molecule has 0 aliphatic carbocycles. The van der Waals surface area contributed by atoms with Gasteiger partial charge in [-0.1, -0.05) is 6.92 Å². The van der Waals surface area contributed by atoms with E-state index in [0.29, 0.717) is 31.1 Å². The quantitative estimate of drug-likeness (QED) is 0.576. The van der Waals surface area contributed by atoms with Crippen LogP contribution in [0.2, 0.25) is 0 Å². The Morgan fingerprint density at radius 3 is 2.62 bits per heavy atom. The molecule has 0 bridgehead atoms. The summed E-state index contributed by atoms with van der Waals surface area (Å²) in [6.45, 7) is 5.98. The maximum atomic E-state index is 11.5. The molecule has 0 saturated carbocycles. The fourth-order valence-electron chi connectivity index (χ4n) is 1.87. The number of rotatable bonds is 9. The standard InChI is InChI=1S/C15H25N3O3/c1-3-17-15(20)10-18(4-2)9-13(19)11-21-14-7-5-12(16)6-8-14/h5-8,13,19H,3-4,9-11,16H2,1-2H3,(H,17,20). The summed E-state index contributed by atoms with van der Waals surface area (Å²) in [6, 6.07) is 7.01. The van der Waals surface area contributed by atoms with Crippen LogP contribution in [-0.2, 0) is 4.79 Å². The number of nitrogens with zero attached hydrogens (tertiary/aromatic N) is 1. The van der Waals surface area contributed by atoms with Crippen molar-refractivity contribution in [1.29, 1.82) is 0 Å². The fraction of sp³-hybridized carbons (Fsp3) is 0.533. The summed E-state index contributed by atoms with van der Waals surface area (Å²) in [5.41, 5.74) is 6.26. The van der Waals surface area contributed by atoms with Crippen LogP contribution in [0.3, 0.4) is 0 Å². The number of aliphatic hydroxyl groups excluding tert-OH is 1. The number of anilines is 1. The molecular formula is C15H25N3O3. The van der Waals surface area contributed by atoms with Crippen molar-refractivity contribution in [2.45, 2.75) is 20.0 Å². The first-order valence-corrected chi connectivity index (χ1v) is 7.20. The van der Waals surface area contributed by atoms with E-state index in [0.717, 1.165) is 0 Å². The van der Waals surface area contributed by atoms with Gasteiger partial charge in [-0.25, -0.2) is 0 Å². The van der Waals surface area contributed by atoms with E-state index in [1.807, 2.05) is 18.7 Å². The van der Waals surface area contributed by atoms with Gasteiger partial charge in [-0.05, 0) is 37.7 Å². The number of likely N-dealkylation sites (N-methyl/N-ethyl adjacent to an activating group) is 2. The van der Waals surface area contributed by atoms with Crippen LogP contribution in [-0.4, -0.2) is 54.8 Å². The summed E-state index contributed by atoms with van der Waals surface area (Å²) in [7, 11) is 0. The third kappa shape index (κ3) is 6.97. The number of ether oxygens (including phenoxy) is 1. The summed E-state index contributed by atoms with van der Waals surface area (Å²) in [5, 5.41) is 12.7. The maximum absolute atomic E-state index is 11.5. The number of carbonyl (C=O) groups excluding carboxylic acids is 1. The van der Waals surface area contributed by atoms with Crippen LogP contribution in [0.15, 0.2) is 24.3 Å². The number of hydrogen-bond donors (Lipinski definition) is 3. The highest BCUT2D eigenvalue weighted by Crippen LogP contribution is 2.13. The van der Waals surface area contributed by atoms with Crippen molar-refractivity contribution in [2.24, 2.45) is 0 Å². The minimum atomic E-state index is -0.656. The topological polar surface area (TPSA) is 87.8 Å². The summed E-state index contributed by atoms with van der Waals surface area (Å²) in [4.78, 5) is 13.4. The molecular weight excluding hydrogens is 270 g/mol. The molecule has 1 rings (SSSR count). The summed E-state index contributed by atoms with van der Waals surface area (Å²) < 4.78 is 5.49. The van der Waals surface area contributed by atoms with Gasteiger partial charge in [0.05, 0.1) is 6.54 Å². The number of benzene rings is 1. The maximum Gasteiger partial charge on any atom is 0.234 e. The van der Waals surface area contributed by atoms with Crippen LogP contribution in [0, 0.1) is 0 Å². The summed E-state index contributed by atoms with van der Waals surface area (Å²) >= 11 is 0. The van der Waals surface area contributed by atoms with Gasteiger partial charge in [0.25, 0.3) is 0 Å².